The number of aryl methyl sites for hydroxylation is 1. The standard InChI is InChI=1S/C21H26N4O3/c26-19-11-18(15-5-6-15)22-13-25(19)12-14-7-9-24(10-8-14)21(27)20-16-3-1-2-4-17(16)23-28-20/h11,13-15H,1-10,12H2. The van der Waals surface area contributed by atoms with Gasteiger partial charge in [-0.05, 0) is 57.3 Å². The summed E-state index contributed by atoms with van der Waals surface area (Å²) in [4.78, 5) is 31.6. The van der Waals surface area contributed by atoms with Gasteiger partial charge in [0, 0.05) is 37.2 Å². The first-order valence-corrected chi connectivity index (χ1v) is 10.5. The Morgan fingerprint density at radius 3 is 2.68 bits per heavy atom. The van der Waals surface area contributed by atoms with Crippen LogP contribution < -0.4 is 5.56 Å². The van der Waals surface area contributed by atoms with Crippen LogP contribution in [-0.4, -0.2) is 38.6 Å². The number of carbonyl (C=O) groups is 1. The van der Waals surface area contributed by atoms with Crippen molar-refractivity contribution in [2.75, 3.05) is 13.1 Å². The Kier molecular flexibility index (Phi) is 4.53. The molecule has 0 radical (unpaired) electrons. The molecule has 0 unspecified atom stereocenters. The molecular weight excluding hydrogens is 356 g/mol. The third kappa shape index (κ3) is 3.38. The van der Waals surface area contributed by atoms with E-state index in [9.17, 15) is 9.59 Å². The predicted octanol–water partition coefficient (Wildman–Crippen LogP) is 2.54. The fourth-order valence-corrected chi connectivity index (χ4v) is 4.48. The van der Waals surface area contributed by atoms with E-state index in [1.807, 2.05) is 4.90 Å². The summed E-state index contributed by atoms with van der Waals surface area (Å²) >= 11 is 0. The molecular formula is C21H26N4O3. The summed E-state index contributed by atoms with van der Waals surface area (Å²) in [6.45, 7) is 2.07. The van der Waals surface area contributed by atoms with Gasteiger partial charge in [-0.1, -0.05) is 5.16 Å². The van der Waals surface area contributed by atoms with Crippen molar-refractivity contribution < 1.29 is 9.32 Å². The topological polar surface area (TPSA) is 81.2 Å². The van der Waals surface area contributed by atoms with Gasteiger partial charge in [0.2, 0.25) is 5.76 Å². The van der Waals surface area contributed by atoms with Gasteiger partial charge in [-0.15, -0.1) is 0 Å². The average Bonchev–Trinajstić information content (AvgIpc) is 3.48. The van der Waals surface area contributed by atoms with Crippen molar-refractivity contribution in [2.45, 2.75) is 63.8 Å². The van der Waals surface area contributed by atoms with E-state index in [0.29, 0.717) is 37.2 Å². The number of nitrogens with zero attached hydrogens (tertiary/aromatic N) is 4. The van der Waals surface area contributed by atoms with Gasteiger partial charge in [0.25, 0.3) is 11.5 Å². The Morgan fingerprint density at radius 2 is 1.93 bits per heavy atom. The molecule has 2 aromatic rings. The second kappa shape index (κ2) is 7.18. The molecule has 28 heavy (non-hydrogen) atoms. The summed E-state index contributed by atoms with van der Waals surface area (Å²) < 4.78 is 7.13. The maximum Gasteiger partial charge on any atom is 0.292 e. The number of piperidine rings is 1. The van der Waals surface area contributed by atoms with Crippen LogP contribution >= 0.6 is 0 Å². The third-order valence-corrected chi connectivity index (χ3v) is 6.41. The van der Waals surface area contributed by atoms with E-state index in [1.54, 1.807) is 17.0 Å². The number of carbonyl (C=O) groups excluding carboxylic acids is 1. The Bertz CT molecular complexity index is 935. The molecule has 2 aromatic heterocycles. The quantitative estimate of drug-likeness (QED) is 0.812. The zero-order valence-electron chi connectivity index (χ0n) is 16.1. The first kappa shape index (κ1) is 17.6. The lowest BCUT2D eigenvalue weighted by Gasteiger charge is -2.31. The molecule has 1 aliphatic heterocycles. The third-order valence-electron chi connectivity index (χ3n) is 6.41. The summed E-state index contributed by atoms with van der Waals surface area (Å²) in [5, 5.41) is 4.11. The van der Waals surface area contributed by atoms with Crippen LogP contribution in [0.5, 0.6) is 0 Å². The fourth-order valence-electron chi connectivity index (χ4n) is 4.48. The van der Waals surface area contributed by atoms with Gasteiger partial charge in [-0.2, -0.15) is 0 Å². The second-order valence-electron chi connectivity index (χ2n) is 8.46. The van der Waals surface area contributed by atoms with Gasteiger partial charge in [0.15, 0.2) is 0 Å². The molecule has 0 N–H and O–H groups in total. The molecule has 7 nitrogen and oxygen atoms in total. The van der Waals surface area contributed by atoms with E-state index >= 15 is 0 Å². The van der Waals surface area contributed by atoms with Crippen molar-refractivity contribution in [3.8, 4) is 0 Å². The van der Waals surface area contributed by atoms with Crippen molar-refractivity contribution in [2.24, 2.45) is 5.92 Å². The fraction of sp³-hybridized carbons (Fsp3) is 0.619. The van der Waals surface area contributed by atoms with Crippen molar-refractivity contribution in [3.63, 3.8) is 0 Å². The number of aromatic nitrogens is 3. The van der Waals surface area contributed by atoms with Gasteiger partial charge in [-0.25, -0.2) is 4.98 Å². The van der Waals surface area contributed by atoms with E-state index in [0.717, 1.165) is 68.3 Å². The van der Waals surface area contributed by atoms with Crippen molar-refractivity contribution in [1.29, 1.82) is 0 Å². The highest BCUT2D eigenvalue weighted by Gasteiger charge is 2.31. The Labute approximate surface area is 163 Å². The highest BCUT2D eigenvalue weighted by Crippen LogP contribution is 2.38. The highest BCUT2D eigenvalue weighted by molar-refractivity contribution is 5.93. The van der Waals surface area contributed by atoms with Crippen LogP contribution in [0.25, 0.3) is 0 Å². The zero-order valence-corrected chi connectivity index (χ0v) is 16.1. The van der Waals surface area contributed by atoms with Crippen LogP contribution in [-0.2, 0) is 19.4 Å². The highest BCUT2D eigenvalue weighted by atomic mass is 16.5. The number of fused-ring (bicyclic) bond motifs is 1. The Hall–Kier alpha value is -2.44. The van der Waals surface area contributed by atoms with E-state index in [2.05, 4.69) is 10.1 Å². The van der Waals surface area contributed by atoms with Gasteiger partial charge in [0.05, 0.1) is 17.7 Å². The molecule has 0 bridgehead atoms. The van der Waals surface area contributed by atoms with E-state index in [4.69, 9.17) is 4.52 Å². The summed E-state index contributed by atoms with van der Waals surface area (Å²) in [5.41, 5.74) is 2.97. The van der Waals surface area contributed by atoms with Gasteiger partial charge in [0.1, 0.15) is 0 Å². The van der Waals surface area contributed by atoms with Crippen LogP contribution in [0.15, 0.2) is 21.7 Å². The normalized spacial score (nSPS) is 20.2. The average molecular weight is 382 g/mol. The summed E-state index contributed by atoms with van der Waals surface area (Å²) in [7, 11) is 0. The van der Waals surface area contributed by atoms with Crippen molar-refractivity contribution in [3.05, 3.63) is 45.5 Å². The minimum absolute atomic E-state index is 0.0262. The maximum absolute atomic E-state index is 12.9. The van der Waals surface area contributed by atoms with Crippen molar-refractivity contribution >= 4 is 5.91 Å². The van der Waals surface area contributed by atoms with E-state index in [-0.39, 0.29) is 11.5 Å². The summed E-state index contributed by atoms with van der Waals surface area (Å²) in [6, 6.07) is 1.70. The number of hydrogen-bond acceptors (Lipinski definition) is 5. The van der Waals surface area contributed by atoms with E-state index < -0.39 is 0 Å². The molecule has 0 spiro atoms. The minimum Gasteiger partial charge on any atom is -0.350 e. The lowest BCUT2D eigenvalue weighted by atomic mass is 9.94. The first-order valence-electron chi connectivity index (χ1n) is 10.5. The SMILES string of the molecule is O=C(c1onc2c1CCCC2)N1CCC(Cn2cnc(C3CC3)cc2=O)CC1. The number of rotatable bonds is 4. The van der Waals surface area contributed by atoms with Crippen molar-refractivity contribution in [1.82, 2.24) is 19.6 Å². The monoisotopic (exact) mass is 382 g/mol. The maximum atomic E-state index is 12.9. The predicted molar refractivity (Wildman–Crippen MR) is 102 cm³/mol. The molecule has 2 aliphatic carbocycles. The Morgan fingerprint density at radius 1 is 1.14 bits per heavy atom. The molecule has 1 amide bonds. The molecule has 1 saturated carbocycles. The number of hydrogen-bond donors (Lipinski definition) is 0. The van der Waals surface area contributed by atoms with Crippen LogP contribution in [0.2, 0.25) is 0 Å². The van der Waals surface area contributed by atoms with Crippen LogP contribution in [0.1, 0.15) is 71.9 Å². The van der Waals surface area contributed by atoms with E-state index in [1.165, 1.54) is 0 Å². The molecule has 0 atom stereocenters. The van der Waals surface area contributed by atoms with Gasteiger partial charge in [-0.3, -0.25) is 14.2 Å². The molecule has 3 heterocycles. The molecule has 148 valence electrons. The zero-order chi connectivity index (χ0) is 19.1. The molecule has 0 aromatic carbocycles. The lowest BCUT2D eigenvalue weighted by Crippen LogP contribution is -2.40. The smallest absolute Gasteiger partial charge is 0.292 e. The molecule has 5 rings (SSSR count). The first-order chi connectivity index (χ1) is 13.7. The number of amides is 1. The van der Waals surface area contributed by atoms with Gasteiger partial charge >= 0.3 is 0 Å². The number of likely N-dealkylation sites (tertiary alicyclic amines) is 1. The van der Waals surface area contributed by atoms with Gasteiger partial charge < -0.3 is 9.42 Å². The molecule has 3 aliphatic rings. The summed E-state index contributed by atoms with van der Waals surface area (Å²) in [5.74, 6) is 1.31. The van der Waals surface area contributed by atoms with Crippen LogP contribution in [0, 0.1) is 5.92 Å². The molecule has 7 heteroatoms. The lowest BCUT2D eigenvalue weighted by molar-refractivity contribution is 0.0639. The second-order valence-corrected chi connectivity index (χ2v) is 8.46. The summed E-state index contributed by atoms with van der Waals surface area (Å²) in [6.07, 6.45) is 9.80. The van der Waals surface area contributed by atoms with Crippen LogP contribution in [0.4, 0.5) is 0 Å². The molecule has 2 fully saturated rings. The minimum atomic E-state index is -0.0262. The van der Waals surface area contributed by atoms with Crippen LogP contribution in [0.3, 0.4) is 0 Å². The molecule has 1 saturated heterocycles. The largest absolute Gasteiger partial charge is 0.350 e. The Balaban J connectivity index is 1.20.